The summed E-state index contributed by atoms with van der Waals surface area (Å²) in [4.78, 5) is 15.3. The number of Topliss-reactive ketones (excluding diaryl/α,β-unsaturated/α-hetero) is 1. The number of hydrogen-bond acceptors (Lipinski definition) is 4. The van der Waals surface area contributed by atoms with Gasteiger partial charge in [-0.1, -0.05) is 37.3 Å². The molecular formula is C23H25NO3. The van der Waals surface area contributed by atoms with E-state index in [9.17, 15) is 9.90 Å². The number of ketones is 1. The molecular weight excluding hydrogens is 338 g/mol. The van der Waals surface area contributed by atoms with Crippen LogP contribution in [0.4, 0.5) is 0 Å². The van der Waals surface area contributed by atoms with Crippen LogP contribution in [0.5, 0.6) is 11.5 Å². The first-order valence-electron chi connectivity index (χ1n) is 9.60. The lowest BCUT2D eigenvalue weighted by molar-refractivity contribution is 0.101. The van der Waals surface area contributed by atoms with Crippen molar-refractivity contribution in [2.75, 3.05) is 13.1 Å². The van der Waals surface area contributed by atoms with Crippen molar-refractivity contribution in [3.8, 4) is 11.5 Å². The first-order valence-corrected chi connectivity index (χ1v) is 9.60. The minimum absolute atomic E-state index is 0.111. The molecule has 2 aliphatic rings. The van der Waals surface area contributed by atoms with Gasteiger partial charge in [-0.05, 0) is 55.5 Å². The van der Waals surface area contributed by atoms with Gasteiger partial charge in [-0.3, -0.25) is 9.69 Å². The fourth-order valence-corrected chi connectivity index (χ4v) is 4.09. The number of likely N-dealkylation sites (tertiary alicyclic amines) is 1. The number of aryl methyl sites for hydroxylation is 1. The number of carbonyl (C=O) groups is 1. The molecule has 1 atom stereocenters. The van der Waals surface area contributed by atoms with Crippen LogP contribution in [-0.4, -0.2) is 28.9 Å². The third-order valence-electron chi connectivity index (χ3n) is 5.44. The van der Waals surface area contributed by atoms with Gasteiger partial charge in [0.05, 0.1) is 11.1 Å². The van der Waals surface area contributed by atoms with E-state index in [0.29, 0.717) is 29.5 Å². The molecule has 1 unspecified atom stereocenters. The quantitative estimate of drug-likeness (QED) is 0.813. The molecule has 0 radical (unpaired) electrons. The summed E-state index contributed by atoms with van der Waals surface area (Å²) in [7, 11) is 0. The Balaban J connectivity index is 1.69. The summed E-state index contributed by atoms with van der Waals surface area (Å²) < 4.78 is 6.01. The Labute approximate surface area is 160 Å². The van der Waals surface area contributed by atoms with Crippen molar-refractivity contribution < 1.29 is 14.6 Å². The van der Waals surface area contributed by atoms with Gasteiger partial charge in [0.25, 0.3) is 0 Å². The molecule has 1 N–H and O–H groups in total. The van der Waals surface area contributed by atoms with E-state index < -0.39 is 0 Å². The molecule has 2 aromatic rings. The molecule has 2 aromatic carbocycles. The summed E-state index contributed by atoms with van der Waals surface area (Å²) in [6, 6.07) is 11.4. The molecule has 27 heavy (non-hydrogen) atoms. The molecule has 2 heterocycles. The second-order valence-electron chi connectivity index (χ2n) is 7.73. The Kier molecular flexibility index (Phi) is 4.75. The SMILES string of the molecule is Cc1cc(O)c(CN2CCCC(C)C2)c2c1C(=O)/C(=C\c1ccccc1)O2. The van der Waals surface area contributed by atoms with Gasteiger partial charge in [-0.15, -0.1) is 0 Å². The van der Waals surface area contributed by atoms with Gasteiger partial charge in [-0.2, -0.15) is 0 Å². The second kappa shape index (κ2) is 7.20. The number of rotatable bonds is 3. The Morgan fingerprint density at radius 2 is 2.07 bits per heavy atom. The number of hydrogen-bond donors (Lipinski definition) is 1. The molecule has 4 rings (SSSR count). The smallest absolute Gasteiger partial charge is 0.232 e. The highest BCUT2D eigenvalue weighted by molar-refractivity contribution is 6.15. The molecule has 1 saturated heterocycles. The zero-order chi connectivity index (χ0) is 19.0. The molecule has 4 heteroatoms. The molecule has 2 aliphatic heterocycles. The predicted octanol–water partition coefficient (Wildman–Crippen LogP) is 4.55. The van der Waals surface area contributed by atoms with E-state index in [1.807, 2.05) is 37.3 Å². The summed E-state index contributed by atoms with van der Waals surface area (Å²) in [5.41, 5.74) is 2.96. The lowest BCUT2D eigenvalue weighted by Gasteiger charge is -2.31. The molecule has 0 aliphatic carbocycles. The second-order valence-corrected chi connectivity index (χ2v) is 7.73. The van der Waals surface area contributed by atoms with Crippen LogP contribution < -0.4 is 4.74 Å². The number of phenolic OH excluding ortho intramolecular Hbond substituents is 1. The van der Waals surface area contributed by atoms with E-state index in [4.69, 9.17) is 4.74 Å². The zero-order valence-corrected chi connectivity index (χ0v) is 15.9. The van der Waals surface area contributed by atoms with Crippen LogP contribution >= 0.6 is 0 Å². The highest BCUT2D eigenvalue weighted by atomic mass is 16.5. The van der Waals surface area contributed by atoms with Gasteiger partial charge in [-0.25, -0.2) is 0 Å². The largest absolute Gasteiger partial charge is 0.507 e. The van der Waals surface area contributed by atoms with E-state index in [-0.39, 0.29) is 11.5 Å². The number of ether oxygens (including phenoxy) is 1. The molecule has 0 amide bonds. The van der Waals surface area contributed by atoms with Gasteiger partial charge >= 0.3 is 0 Å². The highest BCUT2D eigenvalue weighted by Gasteiger charge is 2.34. The standard InChI is InChI=1S/C23H25NO3/c1-15-7-6-10-24(13-15)14-18-19(25)11-16(2)21-22(26)20(27-23(18)21)12-17-8-4-3-5-9-17/h3-5,8-9,11-12,15,25H,6-7,10,13-14H2,1-2H3/b20-12+. The van der Waals surface area contributed by atoms with Crippen molar-refractivity contribution in [2.24, 2.45) is 5.92 Å². The van der Waals surface area contributed by atoms with Crippen LogP contribution in [-0.2, 0) is 6.54 Å². The number of allylic oxidation sites excluding steroid dienone is 1. The number of phenols is 1. The van der Waals surface area contributed by atoms with Crippen LogP contribution in [0.3, 0.4) is 0 Å². The fourth-order valence-electron chi connectivity index (χ4n) is 4.09. The maximum atomic E-state index is 12.9. The number of nitrogens with zero attached hydrogens (tertiary/aromatic N) is 1. The number of piperidine rings is 1. The summed E-state index contributed by atoms with van der Waals surface area (Å²) in [5.74, 6) is 1.59. The zero-order valence-electron chi connectivity index (χ0n) is 15.9. The molecule has 0 bridgehead atoms. The van der Waals surface area contributed by atoms with Crippen molar-refractivity contribution in [3.05, 3.63) is 64.4 Å². The van der Waals surface area contributed by atoms with Crippen LogP contribution in [0.2, 0.25) is 0 Å². The van der Waals surface area contributed by atoms with Crippen molar-refractivity contribution >= 4 is 11.9 Å². The summed E-state index contributed by atoms with van der Waals surface area (Å²) in [6.45, 7) is 6.71. The van der Waals surface area contributed by atoms with Gasteiger partial charge in [0.1, 0.15) is 11.5 Å². The monoisotopic (exact) mass is 363 g/mol. The van der Waals surface area contributed by atoms with Crippen molar-refractivity contribution in [1.82, 2.24) is 4.90 Å². The van der Waals surface area contributed by atoms with Gasteiger partial charge in [0.15, 0.2) is 5.76 Å². The Bertz CT molecular complexity index is 902. The van der Waals surface area contributed by atoms with Gasteiger partial charge in [0.2, 0.25) is 5.78 Å². The molecule has 4 nitrogen and oxygen atoms in total. The lowest BCUT2D eigenvalue weighted by atomic mass is 9.97. The number of fused-ring (bicyclic) bond motifs is 1. The third kappa shape index (κ3) is 3.50. The average molecular weight is 363 g/mol. The first kappa shape index (κ1) is 17.8. The lowest BCUT2D eigenvalue weighted by Crippen LogP contribution is -2.33. The van der Waals surface area contributed by atoms with E-state index in [1.165, 1.54) is 6.42 Å². The van der Waals surface area contributed by atoms with E-state index in [2.05, 4.69) is 11.8 Å². The van der Waals surface area contributed by atoms with Crippen molar-refractivity contribution in [1.29, 1.82) is 0 Å². The molecule has 140 valence electrons. The molecule has 0 saturated carbocycles. The topological polar surface area (TPSA) is 49.8 Å². The summed E-state index contributed by atoms with van der Waals surface area (Å²) in [5, 5.41) is 10.6. The Hall–Kier alpha value is -2.59. The van der Waals surface area contributed by atoms with Crippen LogP contribution in [0.15, 0.2) is 42.2 Å². The number of carbonyl (C=O) groups excluding carboxylic acids is 1. The molecule has 0 spiro atoms. The first-order chi connectivity index (χ1) is 13.0. The highest BCUT2D eigenvalue weighted by Crippen LogP contribution is 2.42. The minimum Gasteiger partial charge on any atom is -0.507 e. The Morgan fingerprint density at radius 1 is 1.30 bits per heavy atom. The molecule has 0 aromatic heterocycles. The van der Waals surface area contributed by atoms with E-state index >= 15 is 0 Å². The van der Waals surface area contributed by atoms with Gasteiger partial charge < -0.3 is 9.84 Å². The minimum atomic E-state index is -0.111. The van der Waals surface area contributed by atoms with Crippen LogP contribution in [0.25, 0.3) is 6.08 Å². The van der Waals surface area contributed by atoms with Gasteiger partial charge in [0, 0.05) is 13.1 Å². The molecule has 1 fully saturated rings. The van der Waals surface area contributed by atoms with E-state index in [1.54, 1.807) is 12.1 Å². The fraction of sp³-hybridized carbons (Fsp3) is 0.348. The summed E-state index contributed by atoms with van der Waals surface area (Å²) in [6.07, 6.45) is 4.17. The Morgan fingerprint density at radius 3 is 2.81 bits per heavy atom. The van der Waals surface area contributed by atoms with Crippen LogP contribution in [0, 0.1) is 12.8 Å². The van der Waals surface area contributed by atoms with E-state index in [0.717, 1.165) is 36.2 Å². The summed E-state index contributed by atoms with van der Waals surface area (Å²) >= 11 is 0. The average Bonchev–Trinajstić information content (AvgIpc) is 2.96. The predicted molar refractivity (Wildman–Crippen MR) is 106 cm³/mol. The number of aromatic hydroxyl groups is 1. The van der Waals surface area contributed by atoms with Crippen molar-refractivity contribution in [3.63, 3.8) is 0 Å². The maximum absolute atomic E-state index is 12.9. The normalized spacial score (nSPS) is 21.3. The van der Waals surface area contributed by atoms with Crippen LogP contribution in [0.1, 0.15) is 46.8 Å². The third-order valence-corrected chi connectivity index (χ3v) is 5.44. The van der Waals surface area contributed by atoms with Crippen molar-refractivity contribution in [2.45, 2.75) is 33.2 Å². The number of benzene rings is 2. The maximum Gasteiger partial charge on any atom is 0.232 e.